The molecular formula is C19H20O3. The van der Waals surface area contributed by atoms with Crippen molar-refractivity contribution in [3.63, 3.8) is 0 Å². The summed E-state index contributed by atoms with van der Waals surface area (Å²) >= 11 is 0. The third kappa shape index (κ3) is 3.37. The van der Waals surface area contributed by atoms with Crippen molar-refractivity contribution >= 4 is 12.0 Å². The summed E-state index contributed by atoms with van der Waals surface area (Å²) in [5.41, 5.74) is 5.50. The van der Waals surface area contributed by atoms with E-state index in [0.29, 0.717) is 0 Å². The van der Waals surface area contributed by atoms with E-state index in [1.807, 2.05) is 30.3 Å². The van der Waals surface area contributed by atoms with Crippen LogP contribution >= 0.6 is 0 Å². The Kier molecular flexibility index (Phi) is 4.99. The maximum atomic E-state index is 11.4. The fraction of sp³-hybridized carbons (Fsp3) is 0.211. The van der Waals surface area contributed by atoms with Crippen LogP contribution in [0.4, 0.5) is 0 Å². The number of hydrogen-bond acceptors (Lipinski definition) is 3. The molecule has 0 aliphatic heterocycles. The van der Waals surface area contributed by atoms with Gasteiger partial charge in [-0.3, -0.25) is 0 Å². The smallest absolute Gasteiger partial charge is 0.330 e. The zero-order valence-corrected chi connectivity index (χ0v) is 13.3. The first kappa shape index (κ1) is 15.8. The minimum Gasteiger partial charge on any atom is -0.497 e. The molecule has 0 aliphatic rings. The van der Waals surface area contributed by atoms with Crippen LogP contribution in [-0.4, -0.2) is 20.2 Å². The summed E-state index contributed by atoms with van der Waals surface area (Å²) in [7, 11) is 3.02. The Hall–Kier alpha value is -2.55. The summed E-state index contributed by atoms with van der Waals surface area (Å²) < 4.78 is 9.87. The zero-order valence-electron chi connectivity index (χ0n) is 13.3. The number of esters is 1. The minimum absolute atomic E-state index is 0.360. The second-order valence-corrected chi connectivity index (χ2v) is 5.05. The first-order valence-corrected chi connectivity index (χ1v) is 7.07. The van der Waals surface area contributed by atoms with Gasteiger partial charge in [-0.1, -0.05) is 24.3 Å². The molecule has 3 nitrogen and oxygen atoms in total. The molecule has 0 spiro atoms. The van der Waals surface area contributed by atoms with Crippen LogP contribution in [0.15, 0.2) is 42.5 Å². The van der Waals surface area contributed by atoms with Crippen molar-refractivity contribution in [2.24, 2.45) is 0 Å². The highest BCUT2D eigenvalue weighted by atomic mass is 16.5. The molecule has 0 aliphatic carbocycles. The van der Waals surface area contributed by atoms with E-state index in [4.69, 9.17) is 4.74 Å². The van der Waals surface area contributed by atoms with E-state index in [2.05, 4.69) is 30.7 Å². The van der Waals surface area contributed by atoms with Gasteiger partial charge in [0.1, 0.15) is 5.75 Å². The van der Waals surface area contributed by atoms with Crippen LogP contribution < -0.4 is 4.74 Å². The average Bonchev–Trinajstić information content (AvgIpc) is 2.56. The molecule has 0 aromatic heterocycles. The van der Waals surface area contributed by atoms with Gasteiger partial charge in [0.25, 0.3) is 0 Å². The predicted molar refractivity (Wildman–Crippen MR) is 89.0 cm³/mol. The van der Waals surface area contributed by atoms with Crippen molar-refractivity contribution in [2.45, 2.75) is 13.8 Å². The Bertz CT molecular complexity index is 697. The van der Waals surface area contributed by atoms with E-state index in [9.17, 15) is 4.79 Å². The van der Waals surface area contributed by atoms with Crippen LogP contribution in [0.2, 0.25) is 0 Å². The highest BCUT2D eigenvalue weighted by Crippen LogP contribution is 2.30. The summed E-state index contributed by atoms with van der Waals surface area (Å²) in [6.45, 7) is 4.11. The molecule has 22 heavy (non-hydrogen) atoms. The molecule has 3 heteroatoms. The van der Waals surface area contributed by atoms with Crippen LogP contribution in [0.25, 0.3) is 17.2 Å². The number of carbonyl (C=O) groups is 1. The van der Waals surface area contributed by atoms with E-state index >= 15 is 0 Å². The molecule has 2 aromatic rings. The third-order valence-corrected chi connectivity index (χ3v) is 3.77. The number of ether oxygens (including phenoxy) is 2. The van der Waals surface area contributed by atoms with E-state index in [-0.39, 0.29) is 5.97 Å². The van der Waals surface area contributed by atoms with Gasteiger partial charge >= 0.3 is 5.97 Å². The largest absolute Gasteiger partial charge is 0.497 e. The molecule has 0 heterocycles. The molecule has 0 bridgehead atoms. The standard InChI is InChI=1S/C19H20O3/c1-13-5-10-18(15-6-8-16(21-3)9-7-15)17(14(13)2)11-12-19(20)22-4/h5-12H,1-4H3/b12-11+. The van der Waals surface area contributed by atoms with Gasteiger partial charge in [-0.15, -0.1) is 0 Å². The molecule has 0 N–H and O–H groups in total. The summed E-state index contributed by atoms with van der Waals surface area (Å²) in [4.78, 5) is 11.4. The number of benzene rings is 2. The van der Waals surface area contributed by atoms with Crippen LogP contribution in [-0.2, 0) is 9.53 Å². The molecule has 0 fully saturated rings. The number of hydrogen-bond donors (Lipinski definition) is 0. The molecule has 0 amide bonds. The molecule has 0 unspecified atom stereocenters. The fourth-order valence-corrected chi connectivity index (χ4v) is 2.29. The first-order chi connectivity index (χ1) is 10.6. The van der Waals surface area contributed by atoms with Gasteiger partial charge < -0.3 is 9.47 Å². The van der Waals surface area contributed by atoms with Crippen molar-refractivity contribution in [2.75, 3.05) is 14.2 Å². The van der Waals surface area contributed by atoms with Gasteiger partial charge in [-0.05, 0) is 59.9 Å². The van der Waals surface area contributed by atoms with Crippen LogP contribution in [0.5, 0.6) is 5.75 Å². The maximum absolute atomic E-state index is 11.4. The van der Waals surface area contributed by atoms with Crippen LogP contribution in [0.1, 0.15) is 16.7 Å². The molecule has 2 rings (SSSR count). The maximum Gasteiger partial charge on any atom is 0.330 e. The van der Waals surface area contributed by atoms with Gasteiger partial charge in [0.15, 0.2) is 0 Å². The molecule has 0 saturated carbocycles. The van der Waals surface area contributed by atoms with Crippen molar-refractivity contribution in [1.29, 1.82) is 0 Å². The Morgan fingerprint density at radius 1 is 1.00 bits per heavy atom. The Morgan fingerprint density at radius 3 is 2.27 bits per heavy atom. The van der Waals surface area contributed by atoms with Gasteiger partial charge in [0, 0.05) is 6.08 Å². The highest BCUT2D eigenvalue weighted by molar-refractivity contribution is 5.90. The van der Waals surface area contributed by atoms with Crippen molar-refractivity contribution < 1.29 is 14.3 Å². The van der Waals surface area contributed by atoms with Crippen molar-refractivity contribution in [3.8, 4) is 16.9 Å². The molecular weight excluding hydrogens is 276 g/mol. The van der Waals surface area contributed by atoms with Gasteiger partial charge in [0.05, 0.1) is 14.2 Å². The van der Waals surface area contributed by atoms with E-state index in [0.717, 1.165) is 28.0 Å². The van der Waals surface area contributed by atoms with Gasteiger partial charge in [0.2, 0.25) is 0 Å². The van der Waals surface area contributed by atoms with Gasteiger partial charge in [-0.2, -0.15) is 0 Å². The summed E-state index contributed by atoms with van der Waals surface area (Å²) in [5.74, 6) is 0.459. The summed E-state index contributed by atoms with van der Waals surface area (Å²) in [6.07, 6.45) is 3.27. The minimum atomic E-state index is -0.360. The lowest BCUT2D eigenvalue weighted by atomic mass is 9.93. The first-order valence-electron chi connectivity index (χ1n) is 7.07. The van der Waals surface area contributed by atoms with E-state index < -0.39 is 0 Å². The lowest BCUT2D eigenvalue weighted by Gasteiger charge is -2.12. The zero-order chi connectivity index (χ0) is 16.1. The van der Waals surface area contributed by atoms with E-state index in [1.54, 1.807) is 7.11 Å². The lowest BCUT2D eigenvalue weighted by molar-refractivity contribution is -0.134. The third-order valence-electron chi connectivity index (χ3n) is 3.77. The average molecular weight is 296 g/mol. The van der Waals surface area contributed by atoms with Gasteiger partial charge in [-0.25, -0.2) is 4.79 Å². The Labute approximate surface area is 131 Å². The van der Waals surface area contributed by atoms with E-state index in [1.165, 1.54) is 18.7 Å². The second-order valence-electron chi connectivity index (χ2n) is 5.05. The monoisotopic (exact) mass is 296 g/mol. The molecule has 0 saturated heterocycles. The number of aryl methyl sites for hydroxylation is 1. The number of rotatable bonds is 4. The Morgan fingerprint density at radius 2 is 1.68 bits per heavy atom. The highest BCUT2D eigenvalue weighted by Gasteiger charge is 2.08. The lowest BCUT2D eigenvalue weighted by Crippen LogP contribution is -1.96. The summed E-state index contributed by atoms with van der Waals surface area (Å²) in [5, 5.41) is 0. The summed E-state index contributed by atoms with van der Waals surface area (Å²) in [6, 6.07) is 12.0. The second kappa shape index (κ2) is 6.94. The normalized spacial score (nSPS) is 10.7. The number of carbonyl (C=O) groups excluding carboxylic acids is 1. The molecule has 114 valence electrons. The van der Waals surface area contributed by atoms with Crippen LogP contribution in [0, 0.1) is 13.8 Å². The fourth-order valence-electron chi connectivity index (χ4n) is 2.29. The topological polar surface area (TPSA) is 35.5 Å². The SMILES string of the molecule is COC(=O)/C=C/c1c(-c2ccc(OC)cc2)ccc(C)c1C. The quantitative estimate of drug-likeness (QED) is 0.627. The Balaban J connectivity index is 2.52. The molecule has 0 atom stereocenters. The predicted octanol–water partition coefficient (Wildman–Crippen LogP) is 4.17. The molecule has 2 aromatic carbocycles. The van der Waals surface area contributed by atoms with Crippen LogP contribution in [0.3, 0.4) is 0 Å². The molecule has 0 radical (unpaired) electrons. The van der Waals surface area contributed by atoms with Crippen molar-refractivity contribution in [3.05, 3.63) is 59.2 Å². The number of methoxy groups -OCH3 is 2. The van der Waals surface area contributed by atoms with Crippen molar-refractivity contribution in [1.82, 2.24) is 0 Å².